The number of benzene rings is 13. The summed E-state index contributed by atoms with van der Waals surface area (Å²) < 4.78 is 25.2. The van der Waals surface area contributed by atoms with Crippen LogP contribution in [0, 0.1) is 0 Å². The standard InChI is InChI=1S/C44H29N4OP.C39H23N5S/c49-50(32-13-3-1-4-14-32,33-15-5-2-6-16-33)34-26-23-30(24-27-34)31-25-28-36-35-17-8-11-21-40(35)47(42(36)29-31)44-46-38-19-9-7-18-37(38)43-45-39-20-10-12-22-41(39)48(43)44;1-3-11-30-29(10-1)37-40-31-12-4-7-15-34(31)44(37)39(42-30)43-33-14-6-2-9-27(33)28-22-21-26(23-35(28)43)24-17-19-25(20-18-24)38-41-32-13-5-8-16-36(32)45-38/h1-29H;1-23H. The van der Waals surface area contributed by atoms with Crippen molar-refractivity contribution in [1.29, 1.82) is 0 Å². The highest BCUT2D eigenvalue weighted by atomic mass is 32.1. The van der Waals surface area contributed by atoms with Gasteiger partial charge >= 0.3 is 0 Å². The van der Waals surface area contributed by atoms with Crippen LogP contribution in [-0.4, -0.2) is 42.9 Å². The number of hydrogen-bond acceptors (Lipinski definition) is 7. The molecule has 0 spiro atoms. The van der Waals surface area contributed by atoms with Gasteiger partial charge in [0.05, 0.1) is 65.4 Å². The van der Waals surface area contributed by atoms with Crippen molar-refractivity contribution in [3.63, 3.8) is 0 Å². The van der Waals surface area contributed by atoms with E-state index in [-0.39, 0.29) is 0 Å². The second-order valence-corrected chi connectivity index (χ2v) is 27.7. The van der Waals surface area contributed by atoms with E-state index in [0.717, 1.165) is 154 Å². The number of aromatic nitrogens is 9. The summed E-state index contributed by atoms with van der Waals surface area (Å²) in [5.74, 6) is 1.62. The van der Waals surface area contributed by atoms with E-state index in [2.05, 4.69) is 224 Å². The molecule has 0 radical (unpaired) electrons. The highest BCUT2D eigenvalue weighted by molar-refractivity contribution is 7.85. The molecule has 0 aliphatic heterocycles. The van der Waals surface area contributed by atoms with Crippen molar-refractivity contribution in [2.45, 2.75) is 0 Å². The summed E-state index contributed by atoms with van der Waals surface area (Å²) in [7, 11) is -3.07. The average molecular weight is 1250 g/mol. The fraction of sp³-hybridized carbons (Fsp3) is 0. The molecule has 0 saturated heterocycles. The molecule has 0 aliphatic rings. The zero-order valence-electron chi connectivity index (χ0n) is 50.8. The molecular weight excluding hydrogens is 1200 g/mol. The number of rotatable bonds is 8. The monoisotopic (exact) mass is 1250 g/mol. The molecule has 20 aromatic rings. The lowest BCUT2D eigenvalue weighted by molar-refractivity contribution is 0.592. The second-order valence-electron chi connectivity index (χ2n) is 23.9. The van der Waals surface area contributed by atoms with Gasteiger partial charge < -0.3 is 4.57 Å². The minimum Gasteiger partial charge on any atom is -0.309 e. The van der Waals surface area contributed by atoms with Crippen molar-refractivity contribution in [1.82, 2.24) is 42.9 Å². The van der Waals surface area contributed by atoms with E-state index >= 15 is 0 Å². The van der Waals surface area contributed by atoms with E-state index in [9.17, 15) is 4.57 Å². The van der Waals surface area contributed by atoms with E-state index in [4.69, 9.17) is 24.9 Å². The minimum atomic E-state index is -3.07. The lowest BCUT2D eigenvalue weighted by Crippen LogP contribution is -2.24. The summed E-state index contributed by atoms with van der Waals surface area (Å²) in [5.41, 5.74) is 18.4. The number of para-hydroxylation sites is 9. The lowest BCUT2D eigenvalue weighted by Gasteiger charge is -2.20. The molecule has 0 aliphatic carbocycles. The summed E-state index contributed by atoms with van der Waals surface area (Å²) in [6, 6.07) is 109. The molecule has 13 aromatic carbocycles. The first-order valence-electron chi connectivity index (χ1n) is 31.7. The van der Waals surface area contributed by atoms with Crippen LogP contribution in [0.5, 0.6) is 0 Å². The van der Waals surface area contributed by atoms with Crippen molar-refractivity contribution < 1.29 is 4.57 Å². The largest absolute Gasteiger partial charge is 0.309 e. The first kappa shape index (κ1) is 54.6. The number of thiazole rings is 1. The summed E-state index contributed by atoms with van der Waals surface area (Å²) in [6.07, 6.45) is 0. The van der Waals surface area contributed by atoms with Crippen LogP contribution in [0.1, 0.15) is 0 Å². The molecule has 0 amide bonds. The second kappa shape index (κ2) is 21.8. The Hall–Kier alpha value is -12.1. The molecule has 20 rings (SSSR count). The van der Waals surface area contributed by atoms with E-state index in [1.807, 2.05) is 109 Å². The zero-order valence-corrected chi connectivity index (χ0v) is 52.5. The van der Waals surface area contributed by atoms with Gasteiger partial charge in [-0.3, -0.25) is 17.9 Å². The van der Waals surface area contributed by atoms with Gasteiger partial charge in [0, 0.05) is 53.8 Å². The maximum Gasteiger partial charge on any atom is 0.221 e. The third-order valence-corrected chi connectivity index (χ3v) is 22.7. The van der Waals surface area contributed by atoms with Gasteiger partial charge in [-0.1, -0.05) is 231 Å². The van der Waals surface area contributed by atoms with Gasteiger partial charge in [0.1, 0.15) is 16.3 Å². The molecule has 10 nitrogen and oxygen atoms in total. The Balaban J connectivity index is 0.000000135. The number of imidazole rings is 2. The molecule has 0 bridgehead atoms. The van der Waals surface area contributed by atoms with E-state index < -0.39 is 7.14 Å². The third-order valence-electron chi connectivity index (χ3n) is 18.6. The fourth-order valence-corrected chi connectivity index (χ4v) is 17.7. The predicted octanol–water partition coefficient (Wildman–Crippen LogP) is 19.5. The Morgan fingerprint density at radius 3 is 1.11 bits per heavy atom. The molecule has 0 atom stereocenters. The highest BCUT2D eigenvalue weighted by Gasteiger charge is 2.30. The molecule has 7 aromatic heterocycles. The van der Waals surface area contributed by atoms with Crippen molar-refractivity contribution in [3.05, 3.63) is 315 Å². The van der Waals surface area contributed by atoms with Crippen LogP contribution >= 0.6 is 18.5 Å². The topological polar surface area (TPSA) is 100 Å². The first-order valence-corrected chi connectivity index (χ1v) is 34.2. The zero-order chi connectivity index (χ0) is 62.7. The molecule has 0 N–H and O–H groups in total. The number of fused-ring (bicyclic) bond motifs is 17. The van der Waals surface area contributed by atoms with Crippen LogP contribution in [0.15, 0.2) is 315 Å². The first-order chi connectivity index (χ1) is 47.0. The van der Waals surface area contributed by atoms with E-state index in [0.29, 0.717) is 0 Å². The van der Waals surface area contributed by atoms with Crippen LogP contribution in [0.2, 0.25) is 0 Å². The van der Waals surface area contributed by atoms with Gasteiger partial charge in [0.25, 0.3) is 0 Å². The number of nitrogens with zero attached hydrogens (tertiary/aromatic N) is 9. The minimum absolute atomic E-state index is 0.790. The molecular formula is C83H52N9OPS. The van der Waals surface area contributed by atoms with Crippen molar-refractivity contribution in [2.75, 3.05) is 0 Å². The van der Waals surface area contributed by atoms with Crippen LogP contribution in [0.25, 0.3) is 154 Å². The molecule has 0 fully saturated rings. The molecule has 446 valence electrons. The SMILES string of the molecule is O=P(c1ccccc1)(c1ccccc1)c1ccc(-c2ccc3c4ccccc4n(-c4nc5ccccc5c5nc6ccccc6n45)c3c2)cc1.c1ccc2sc(-c3ccc(-c4ccc5c6ccccc6n(-c6nc7ccccc7c7nc8ccccc8n67)c5c4)cc3)nc2c1. The summed E-state index contributed by atoms with van der Waals surface area (Å²) in [6.45, 7) is 0. The Bertz CT molecular complexity index is 6430. The van der Waals surface area contributed by atoms with E-state index in [1.54, 1.807) is 11.3 Å². The van der Waals surface area contributed by atoms with Crippen molar-refractivity contribution in [2.24, 2.45) is 0 Å². The van der Waals surface area contributed by atoms with Crippen molar-refractivity contribution >= 4 is 143 Å². The van der Waals surface area contributed by atoms with Gasteiger partial charge in [-0.15, -0.1) is 11.3 Å². The molecule has 7 heterocycles. The van der Waals surface area contributed by atoms with Gasteiger partial charge in [-0.25, -0.2) is 24.9 Å². The number of hydrogen-bond donors (Lipinski definition) is 0. The van der Waals surface area contributed by atoms with E-state index in [1.165, 1.54) is 15.5 Å². The van der Waals surface area contributed by atoms with Crippen LogP contribution in [0.3, 0.4) is 0 Å². The Kier molecular flexibility index (Phi) is 12.5. The van der Waals surface area contributed by atoms with Gasteiger partial charge in [0.15, 0.2) is 7.14 Å². The van der Waals surface area contributed by atoms with Gasteiger partial charge in [-0.05, 0) is 107 Å². The quantitative estimate of drug-likeness (QED) is 0.141. The van der Waals surface area contributed by atoms with Gasteiger partial charge in [-0.2, -0.15) is 0 Å². The fourth-order valence-electron chi connectivity index (χ4n) is 14.1. The lowest BCUT2D eigenvalue weighted by atomic mass is 10.0. The predicted molar refractivity (Wildman–Crippen MR) is 394 cm³/mol. The summed E-state index contributed by atoms with van der Waals surface area (Å²) >= 11 is 1.73. The Morgan fingerprint density at radius 2 is 0.621 bits per heavy atom. The Morgan fingerprint density at radius 1 is 0.263 bits per heavy atom. The molecule has 95 heavy (non-hydrogen) atoms. The van der Waals surface area contributed by atoms with Crippen LogP contribution < -0.4 is 15.9 Å². The normalized spacial score (nSPS) is 12.0. The maximum atomic E-state index is 15.0. The maximum absolute atomic E-state index is 15.0. The Labute approximate surface area is 547 Å². The van der Waals surface area contributed by atoms with Crippen LogP contribution in [0.4, 0.5) is 0 Å². The molecule has 0 unspecified atom stereocenters. The summed E-state index contributed by atoms with van der Waals surface area (Å²) in [4.78, 5) is 25.7. The highest BCUT2D eigenvalue weighted by Crippen LogP contribution is 2.44. The molecule has 0 saturated carbocycles. The van der Waals surface area contributed by atoms with Gasteiger partial charge in [0.2, 0.25) is 11.9 Å². The average Bonchev–Trinajstić information content (AvgIpc) is 1.58. The third kappa shape index (κ3) is 8.71. The van der Waals surface area contributed by atoms with Crippen molar-refractivity contribution in [3.8, 4) is 44.7 Å². The van der Waals surface area contributed by atoms with Crippen LogP contribution in [-0.2, 0) is 4.57 Å². The molecule has 12 heteroatoms. The summed E-state index contributed by atoms with van der Waals surface area (Å²) in [5, 5.41) is 10.2. The smallest absolute Gasteiger partial charge is 0.221 e.